The van der Waals surface area contributed by atoms with E-state index in [1.54, 1.807) is 6.20 Å². The Morgan fingerprint density at radius 3 is 2.53 bits per heavy atom. The van der Waals surface area contributed by atoms with E-state index in [0.29, 0.717) is 5.84 Å². The average Bonchev–Trinajstić information content (AvgIpc) is 2.14. The van der Waals surface area contributed by atoms with Crippen LogP contribution in [-0.2, 0) is 0 Å². The van der Waals surface area contributed by atoms with Crippen molar-refractivity contribution < 1.29 is 0 Å². The summed E-state index contributed by atoms with van der Waals surface area (Å²) in [5, 5.41) is 0. The van der Waals surface area contributed by atoms with Gasteiger partial charge in [0, 0.05) is 11.6 Å². The molecule has 0 aliphatic rings. The second-order valence-corrected chi connectivity index (χ2v) is 4.49. The number of rotatable bonds is 1. The Kier molecular flexibility index (Phi) is 3.35. The highest BCUT2D eigenvalue weighted by atomic mass is 15.0. The Labute approximate surface area is 91.0 Å². The minimum Gasteiger partial charge on any atom is -0.249 e. The fourth-order valence-electron chi connectivity index (χ4n) is 1.13. The molecule has 0 amide bonds. The van der Waals surface area contributed by atoms with Gasteiger partial charge in [0.25, 0.3) is 0 Å². The van der Waals surface area contributed by atoms with Crippen LogP contribution >= 0.6 is 0 Å². The van der Waals surface area contributed by atoms with Crippen LogP contribution in [-0.4, -0.2) is 17.5 Å². The van der Waals surface area contributed by atoms with Gasteiger partial charge < -0.3 is 0 Å². The molecule has 1 aromatic rings. The molecule has 0 aliphatic heterocycles. The van der Waals surface area contributed by atoms with Crippen LogP contribution in [0.3, 0.4) is 0 Å². The van der Waals surface area contributed by atoms with E-state index >= 15 is 0 Å². The molecule has 0 bridgehead atoms. The smallest absolute Gasteiger partial charge is 0.156 e. The zero-order valence-corrected chi connectivity index (χ0v) is 9.78. The van der Waals surface area contributed by atoms with Crippen LogP contribution < -0.4 is 0 Å². The molecule has 1 aromatic heterocycles. The number of nitrogens with zero attached hydrogens (tertiary/aromatic N) is 3. The summed E-state index contributed by atoms with van der Waals surface area (Å²) in [5.41, 5.74) is 0.939. The quantitative estimate of drug-likeness (QED) is 0.510. The van der Waals surface area contributed by atoms with Gasteiger partial charge in [-0.25, -0.2) is 15.0 Å². The predicted octanol–water partition coefficient (Wildman–Crippen LogP) is 3.17. The molecule has 1 rings (SSSR count). The van der Waals surface area contributed by atoms with E-state index in [2.05, 4.69) is 42.5 Å². The first kappa shape index (κ1) is 11.6. The van der Waals surface area contributed by atoms with Gasteiger partial charge in [-0.2, -0.15) is 0 Å². The number of hydrogen-bond acceptors (Lipinski definition) is 2. The van der Waals surface area contributed by atoms with Gasteiger partial charge in [-0.05, 0) is 25.3 Å². The lowest BCUT2D eigenvalue weighted by atomic mass is 9.95. The Morgan fingerprint density at radius 2 is 2.07 bits per heavy atom. The molecule has 0 atom stereocenters. The summed E-state index contributed by atoms with van der Waals surface area (Å²) >= 11 is 0. The number of hydrogen-bond donors (Lipinski definition) is 0. The molecule has 1 heterocycles. The van der Waals surface area contributed by atoms with E-state index in [-0.39, 0.29) is 5.41 Å². The van der Waals surface area contributed by atoms with Crippen LogP contribution in [0.25, 0.3) is 0 Å². The monoisotopic (exact) mass is 203 g/mol. The first-order valence-electron chi connectivity index (χ1n) is 4.92. The first-order valence-corrected chi connectivity index (χ1v) is 4.92. The van der Waals surface area contributed by atoms with E-state index < -0.39 is 0 Å². The van der Waals surface area contributed by atoms with Gasteiger partial charge in [-0.1, -0.05) is 26.8 Å². The standard InChI is InChI=1S/C12H17N3/c1-9-7-6-8-14-10(9)15-11(13-5)12(2,3)4/h6-8H,5H2,1-4H3. The lowest BCUT2D eigenvalue weighted by Crippen LogP contribution is -2.17. The number of amidine groups is 1. The van der Waals surface area contributed by atoms with Gasteiger partial charge in [0.05, 0.1) is 0 Å². The van der Waals surface area contributed by atoms with Crippen LogP contribution in [0.2, 0.25) is 0 Å². The van der Waals surface area contributed by atoms with Crippen LogP contribution in [0.1, 0.15) is 26.3 Å². The fourth-order valence-corrected chi connectivity index (χ4v) is 1.13. The molecular formula is C12H17N3. The minimum atomic E-state index is -0.105. The zero-order chi connectivity index (χ0) is 11.5. The van der Waals surface area contributed by atoms with Gasteiger partial charge in [0.1, 0.15) is 5.84 Å². The minimum absolute atomic E-state index is 0.105. The molecule has 0 fully saturated rings. The molecule has 0 N–H and O–H groups in total. The Morgan fingerprint density at radius 1 is 1.40 bits per heavy atom. The molecule has 0 saturated carbocycles. The zero-order valence-electron chi connectivity index (χ0n) is 9.78. The van der Waals surface area contributed by atoms with Gasteiger partial charge in [-0.3, -0.25) is 0 Å². The molecule has 3 nitrogen and oxygen atoms in total. The molecule has 0 spiro atoms. The largest absolute Gasteiger partial charge is 0.249 e. The van der Waals surface area contributed by atoms with Gasteiger partial charge in [0.15, 0.2) is 5.82 Å². The Balaban J connectivity index is 3.15. The molecular weight excluding hydrogens is 186 g/mol. The SMILES string of the molecule is C=NC(=Nc1ncccc1C)C(C)(C)C. The summed E-state index contributed by atoms with van der Waals surface area (Å²) < 4.78 is 0. The summed E-state index contributed by atoms with van der Waals surface area (Å²) in [5.74, 6) is 1.43. The van der Waals surface area contributed by atoms with Gasteiger partial charge >= 0.3 is 0 Å². The molecule has 0 aliphatic carbocycles. The third-order valence-corrected chi connectivity index (χ3v) is 2.01. The molecule has 0 aromatic carbocycles. The van der Waals surface area contributed by atoms with Crippen molar-refractivity contribution in [2.75, 3.05) is 0 Å². The second kappa shape index (κ2) is 4.34. The molecule has 3 heteroatoms. The number of aliphatic imine (C=N–C) groups is 2. The maximum Gasteiger partial charge on any atom is 0.156 e. The molecule has 0 radical (unpaired) electrons. The number of aromatic nitrogens is 1. The van der Waals surface area contributed by atoms with Crippen molar-refractivity contribution in [1.82, 2.24) is 4.98 Å². The predicted molar refractivity (Wildman–Crippen MR) is 65.1 cm³/mol. The highest BCUT2D eigenvalue weighted by molar-refractivity contribution is 5.92. The third kappa shape index (κ3) is 2.98. The van der Waals surface area contributed by atoms with Crippen LogP contribution in [0.5, 0.6) is 0 Å². The summed E-state index contributed by atoms with van der Waals surface area (Å²) in [6, 6.07) is 3.88. The van der Waals surface area contributed by atoms with Crippen molar-refractivity contribution in [2.24, 2.45) is 15.4 Å². The van der Waals surface area contributed by atoms with Crippen molar-refractivity contribution in [3.8, 4) is 0 Å². The van der Waals surface area contributed by atoms with Crippen molar-refractivity contribution in [3.05, 3.63) is 23.9 Å². The van der Waals surface area contributed by atoms with Gasteiger partial charge in [0.2, 0.25) is 0 Å². The topological polar surface area (TPSA) is 37.6 Å². The van der Waals surface area contributed by atoms with Gasteiger partial charge in [-0.15, -0.1) is 0 Å². The highest BCUT2D eigenvalue weighted by Gasteiger charge is 2.18. The average molecular weight is 203 g/mol. The molecule has 80 valence electrons. The Hall–Kier alpha value is -1.51. The van der Waals surface area contributed by atoms with Crippen LogP contribution in [0.4, 0.5) is 5.82 Å². The first-order chi connectivity index (χ1) is 6.95. The van der Waals surface area contributed by atoms with Crippen molar-refractivity contribution >= 4 is 18.4 Å². The number of aryl methyl sites for hydroxylation is 1. The fraction of sp³-hybridized carbons (Fsp3) is 0.417. The van der Waals surface area contributed by atoms with Crippen molar-refractivity contribution in [3.63, 3.8) is 0 Å². The van der Waals surface area contributed by atoms with E-state index in [1.807, 2.05) is 19.1 Å². The van der Waals surface area contributed by atoms with E-state index in [9.17, 15) is 0 Å². The number of pyridine rings is 1. The lowest BCUT2D eigenvalue weighted by Gasteiger charge is -2.17. The molecule has 0 unspecified atom stereocenters. The highest BCUT2D eigenvalue weighted by Crippen LogP contribution is 2.22. The lowest BCUT2D eigenvalue weighted by molar-refractivity contribution is 0.585. The van der Waals surface area contributed by atoms with Crippen molar-refractivity contribution in [1.29, 1.82) is 0 Å². The van der Waals surface area contributed by atoms with E-state index in [1.165, 1.54) is 0 Å². The summed E-state index contributed by atoms with van der Waals surface area (Å²) in [7, 11) is 0. The Bertz CT molecular complexity index is 386. The second-order valence-electron chi connectivity index (χ2n) is 4.49. The summed E-state index contributed by atoms with van der Waals surface area (Å²) in [6.07, 6.45) is 1.73. The molecule has 0 saturated heterocycles. The maximum absolute atomic E-state index is 4.42. The molecule has 15 heavy (non-hydrogen) atoms. The summed E-state index contributed by atoms with van der Waals surface area (Å²) in [4.78, 5) is 12.6. The van der Waals surface area contributed by atoms with Crippen LogP contribution in [0, 0.1) is 12.3 Å². The van der Waals surface area contributed by atoms with E-state index in [4.69, 9.17) is 0 Å². The summed E-state index contributed by atoms with van der Waals surface area (Å²) in [6.45, 7) is 11.7. The third-order valence-electron chi connectivity index (χ3n) is 2.01. The van der Waals surface area contributed by atoms with E-state index in [0.717, 1.165) is 11.4 Å². The maximum atomic E-state index is 4.42. The normalized spacial score (nSPS) is 12.7. The van der Waals surface area contributed by atoms with Crippen LogP contribution in [0.15, 0.2) is 28.3 Å². The van der Waals surface area contributed by atoms with Crippen molar-refractivity contribution in [2.45, 2.75) is 27.7 Å².